The number of aromatic hydroxyl groups is 1. The van der Waals surface area contributed by atoms with E-state index in [2.05, 4.69) is 26.1 Å². The van der Waals surface area contributed by atoms with Gasteiger partial charge in [-0.05, 0) is 31.0 Å². The maximum absolute atomic E-state index is 14.4. The summed E-state index contributed by atoms with van der Waals surface area (Å²) in [7, 11) is 2.95. The van der Waals surface area contributed by atoms with E-state index in [0.717, 1.165) is 0 Å². The van der Waals surface area contributed by atoms with E-state index in [1.807, 2.05) is 0 Å². The molecular formula is C30H41N3O8. The standard InChI is InChI=1S/C30H41N3O8/c1-13-15-10-9-14(11-32-12-27(2,3)4)19(34)16(15)20(35)18-24(38)30(41)23(37)17(25(31)39)21(36)22(33(7)8)29(30,6)26(40)28(13,18)5/h9-10,13,22,26,32,34-35,37,40-41H,11-12H2,1-8H3,(H2,31,39)/t13-,22+,26-,28+,29+,30+/m0/s1. The van der Waals surface area contributed by atoms with Crippen LogP contribution in [0.2, 0.25) is 0 Å². The van der Waals surface area contributed by atoms with Gasteiger partial charge in [0.05, 0.1) is 28.7 Å². The summed E-state index contributed by atoms with van der Waals surface area (Å²) >= 11 is 0. The minimum atomic E-state index is -3.01. The maximum atomic E-state index is 14.4. The number of amides is 1. The first-order valence-corrected chi connectivity index (χ1v) is 13.6. The van der Waals surface area contributed by atoms with Crippen LogP contribution in [0, 0.1) is 16.2 Å². The number of nitrogens with one attached hydrogen (secondary N) is 1. The number of carbonyl (C=O) groups excluding carboxylic acids is 3. The Bertz CT molecular complexity index is 1420. The van der Waals surface area contributed by atoms with Crippen LogP contribution in [0.5, 0.6) is 5.75 Å². The van der Waals surface area contributed by atoms with E-state index in [4.69, 9.17) is 5.73 Å². The third-order valence-electron chi connectivity index (χ3n) is 9.52. The summed E-state index contributed by atoms with van der Waals surface area (Å²) in [6.07, 6.45) is -1.72. The predicted octanol–water partition coefficient (Wildman–Crippen LogP) is 1.41. The van der Waals surface area contributed by atoms with Crippen molar-refractivity contribution >= 4 is 23.2 Å². The molecule has 1 aromatic rings. The second-order valence-electron chi connectivity index (χ2n) is 13.5. The van der Waals surface area contributed by atoms with Gasteiger partial charge in [-0.2, -0.15) is 0 Å². The second kappa shape index (κ2) is 9.38. The molecule has 11 heteroatoms. The van der Waals surface area contributed by atoms with Gasteiger partial charge in [-0.3, -0.25) is 19.3 Å². The van der Waals surface area contributed by atoms with E-state index in [0.29, 0.717) is 17.7 Å². The van der Waals surface area contributed by atoms with Crippen LogP contribution in [-0.2, 0) is 20.9 Å². The van der Waals surface area contributed by atoms with Gasteiger partial charge in [0.1, 0.15) is 22.8 Å². The van der Waals surface area contributed by atoms with E-state index >= 15 is 0 Å². The lowest BCUT2D eigenvalue weighted by atomic mass is 9.42. The number of benzene rings is 1. The topological polar surface area (TPSA) is 194 Å². The van der Waals surface area contributed by atoms with Crippen molar-refractivity contribution in [3.05, 3.63) is 45.7 Å². The summed E-state index contributed by atoms with van der Waals surface area (Å²) in [5.41, 5.74) is -1.81. The number of rotatable bonds is 5. The zero-order valence-electron chi connectivity index (χ0n) is 24.8. The molecule has 6 atom stereocenters. The van der Waals surface area contributed by atoms with Crippen LogP contribution in [0.25, 0.3) is 5.76 Å². The smallest absolute Gasteiger partial charge is 0.255 e. The van der Waals surface area contributed by atoms with Crippen LogP contribution in [0.4, 0.5) is 0 Å². The van der Waals surface area contributed by atoms with Gasteiger partial charge >= 0.3 is 0 Å². The lowest BCUT2D eigenvalue weighted by Crippen LogP contribution is -2.78. The number of hydrogen-bond donors (Lipinski definition) is 7. The molecule has 1 amide bonds. The van der Waals surface area contributed by atoms with E-state index in [9.17, 15) is 39.9 Å². The zero-order chi connectivity index (χ0) is 31.2. The van der Waals surface area contributed by atoms with Crippen LogP contribution in [0.3, 0.4) is 0 Å². The van der Waals surface area contributed by atoms with Crippen molar-refractivity contribution in [3.8, 4) is 5.75 Å². The minimum absolute atomic E-state index is 0.0255. The normalized spacial score (nSPS) is 33.6. The van der Waals surface area contributed by atoms with Gasteiger partial charge in [-0.25, -0.2) is 0 Å². The number of phenolic OH excluding ortho intramolecular Hbond substituents is 1. The van der Waals surface area contributed by atoms with Crippen LogP contribution in [0.1, 0.15) is 64.2 Å². The fraction of sp³-hybridized carbons (Fsp3) is 0.567. The van der Waals surface area contributed by atoms with E-state index < -0.39 is 74.6 Å². The van der Waals surface area contributed by atoms with Crippen LogP contribution in [-0.4, -0.2) is 86.3 Å². The van der Waals surface area contributed by atoms with Crippen molar-refractivity contribution in [3.63, 3.8) is 0 Å². The van der Waals surface area contributed by atoms with Crippen molar-refractivity contribution in [2.45, 2.75) is 71.8 Å². The number of nitrogens with two attached hydrogens (primary N) is 1. The van der Waals surface area contributed by atoms with Gasteiger partial charge in [0.2, 0.25) is 5.78 Å². The SMILES string of the molecule is C[C@H]1c2ccc(CNCC(C)(C)C)c(O)c2C(O)=C2C(=O)[C@]3(O)C(O)=C(C(N)=O)C(=O)[C@@H](N(C)C)[C@]3(C)[C@@H](O)[C@@]21C. The quantitative estimate of drug-likeness (QED) is 0.254. The molecule has 224 valence electrons. The van der Waals surface area contributed by atoms with Crippen molar-refractivity contribution < 1.29 is 39.9 Å². The molecule has 3 aliphatic rings. The average molecular weight is 572 g/mol. The summed E-state index contributed by atoms with van der Waals surface area (Å²) in [4.78, 5) is 41.6. The summed E-state index contributed by atoms with van der Waals surface area (Å²) in [6, 6.07) is 1.96. The van der Waals surface area contributed by atoms with Crippen LogP contribution >= 0.6 is 0 Å². The third-order valence-corrected chi connectivity index (χ3v) is 9.52. The first kappa shape index (κ1) is 30.7. The molecule has 0 heterocycles. The number of primary amides is 1. The van der Waals surface area contributed by atoms with Crippen molar-refractivity contribution in [1.29, 1.82) is 0 Å². The number of fused-ring (bicyclic) bond motifs is 3. The molecule has 11 nitrogen and oxygen atoms in total. The minimum Gasteiger partial charge on any atom is -0.508 e. The monoisotopic (exact) mass is 571 g/mol. The fourth-order valence-corrected chi connectivity index (χ4v) is 7.29. The Morgan fingerprint density at radius 1 is 1.12 bits per heavy atom. The summed E-state index contributed by atoms with van der Waals surface area (Å²) < 4.78 is 0. The number of Topliss-reactive ketones (excluding diaryl/α,β-unsaturated/α-hetero) is 2. The Morgan fingerprint density at radius 3 is 2.22 bits per heavy atom. The largest absolute Gasteiger partial charge is 0.508 e. The average Bonchev–Trinajstić information content (AvgIpc) is 2.84. The second-order valence-corrected chi connectivity index (χ2v) is 13.5. The summed E-state index contributed by atoms with van der Waals surface area (Å²) in [5, 5.41) is 61.7. The Balaban J connectivity index is 2.02. The summed E-state index contributed by atoms with van der Waals surface area (Å²) in [5.74, 6) is -6.43. The highest BCUT2D eigenvalue weighted by atomic mass is 16.4. The lowest BCUT2D eigenvalue weighted by Gasteiger charge is -2.63. The first-order valence-electron chi connectivity index (χ1n) is 13.6. The molecule has 0 aromatic heterocycles. The molecule has 0 aliphatic heterocycles. The molecule has 0 bridgehead atoms. The third kappa shape index (κ3) is 3.82. The van der Waals surface area contributed by atoms with Crippen molar-refractivity contribution in [2.75, 3.05) is 20.6 Å². The van der Waals surface area contributed by atoms with Gasteiger partial charge in [0, 0.05) is 24.1 Å². The molecule has 41 heavy (non-hydrogen) atoms. The molecule has 8 N–H and O–H groups in total. The highest BCUT2D eigenvalue weighted by Crippen LogP contribution is 2.66. The molecule has 3 aliphatic carbocycles. The molecule has 0 spiro atoms. The van der Waals surface area contributed by atoms with Crippen LogP contribution in [0.15, 0.2) is 29.0 Å². The first-order chi connectivity index (χ1) is 18.7. The highest BCUT2D eigenvalue weighted by Gasteiger charge is 2.77. The lowest BCUT2D eigenvalue weighted by molar-refractivity contribution is -0.211. The molecule has 0 unspecified atom stereocenters. The number of likely N-dealkylation sites (N-methyl/N-ethyl adjacent to an activating group) is 1. The maximum Gasteiger partial charge on any atom is 0.255 e. The van der Waals surface area contributed by atoms with Gasteiger partial charge < -0.3 is 36.6 Å². The van der Waals surface area contributed by atoms with Crippen molar-refractivity contribution in [1.82, 2.24) is 10.2 Å². The number of ketones is 2. The number of hydrogen-bond acceptors (Lipinski definition) is 10. The number of phenols is 1. The number of nitrogens with zero attached hydrogens (tertiary/aromatic N) is 1. The molecule has 0 saturated heterocycles. The van der Waals surface area contributed by atoms with E-state index in [-0.39, 0.29) is 23.3 Å². The summed E-state index contributed by atoms with van der Waals surface area (Å²) in [6.45, 7) is 11.6. The molecule has 0 radical (unpaired) electrons. The highest BCUT2D eigenvalue weighted by molar-refractivity contribution is 6.25. The van der Waals surface area contributed by atoms with Gasteiger partial charge in [-0.15, -0.1) is 0 Å². The zero-order valence-corrected chi connectivity index (χ0v) is 24.8. The van der Waals surface area contributed by atoms with Gasteiger partial charge in [0.15, 0.2) is 11.4 Å². The van der Waals surface area contributed by atoms with E-state index in [1.165, 1.54) is 32.8 Å². The number of aliphatic hydroxyl groups excluding tert-OH is 3. The fourth-order valence-electron chi connectivity index (χ4n) is 7.29. The molecule has 1 fully saturated rings. The van der Waals surface area contributed by atoms with E-state index in [1.54, 1.807) is 19.1 Å². The Kier molecular flexibility index (Phi) is 7.03. The Hall–Kier alpha value is -3.25. The molecule has 4 rings (SSSR count). The molecular weight excluding hydrogens is 530 g/mol. The Morgan fingerprint density at radius 2 is 1.71 bits per heavy atom. The predicted molar refractivity (Wildman–Crippen MR) is 151 cm³/mol. The number of aliphatic hydroxyl groups is 4. The Labute approximate surface area is 239 Å². The molecule has 1 aromatic carbocycles. The number of carbonyl (C=O) groups is 3. The van der Waals surface area contributed by atoms with Gasteiger partial charge in [-0.1, -0.05) is 53.7 Å². The van der Waals surface area contributed by atoms with Crippen molar-refractivity contribution in [2.24, 2.45) is 22.0 Å². The van der Waals surface area contributed by atoms with Crippen LogP contribution < -0.4 is 11.1 Å². The van der Waals surface area contributed by atoms with Gasteiger partial charge in [0.25, 0.3) is 5.91 Å². The molecule has 1 saturated carbocycles.